The molecule has 0 aliphatic carbocycles. The molecule has 0 radical (unpaired) electrons. The van der Waals surface area contributed by atoms with Crippen molar-refractivity contribution in [1.82, 2.24) is 10.6 Å². The Morgan fingerprint density at radius 2 is 2.29 bits per heavy atom. The molecule has 2 saturated heterocycles. The largest absolute Gasteiger partial charge is 0.373 e. The maximum atomic E-state index is 5.90. The van der Waals surface area contributed by atoms with Crippen LogP contribution < -0.4 is 10.6 Å². The number of benzene rings is 1. The van der Waals surface area contributed by atoms with Crippen molar-refractivity contribution in [2.24, 2.45) is 4.99 Å². The van der Waals surface area contributed by atoms with Crippen LogP contribution in [0.25, 0.3) is 0 Å². The molecular formula is C17H25N3O. The Kier molecular flexibility index (Phi) is 4.44. The molecule has 3 rings (SSSR count). The molecule has 1 aromatic carbocycles. The number of aryl methyl sites for hydroxylation is 1. The lowest BCUT2D eigenvalue weighted by atomic mass is 9.96. The molecular weight excluding hydrogens is 262 g/mol. The van der Waals surface area contributed by atoms with Gasteiger partial charge in [0.1, 0.15) is 0 Å². The fourth-order valence-electron chi connectivity index (χ4n) is 3.27. The number of nitrogens with zero attached hydrogens (tertiary/aromatic N) is 1. The number of guanidine groups is 1. The minimum Gasteiger partial charge on any atom is -0.373 e. The average Bonchev–Trinajstić information content (AvgIpc) is 3.08. The lowest BCUT2D eigenvalue weighted by Gasteiger charge is -2.22. The predicted octanol–water partition coefficient (Wildman–Crippen LogP) is 2.37. The topological polar surface area (TPSA) is 45.7 Å². The summed E-state index contributed by atoms with van der Waals surface area (Å²) >= 11 is 0. The fourth-order valence-corrected chi connectivity index (χ4v) is 3.27. The smallest absolute Gasteiger partial charge is 0.191 e. The molecule has 0 spiro atoms. The first-order valence-corrected chi connectivity index (χ1v) is 8.00. The van der Waals surface area contributed by atoms with Crippen molar-refractivity contribution in [3.8, 4) is 0 Å². The van der Waals surface area contributed by atoms with Gasteiger partial charge in [-0.3, -0.25) is 0 Å². The molecule has 2 fully saturated rings. The standard InChI is InChI=1S/C17H25N3O/c1-3-18-17(19-11-13-6-4-5-12(2)9-13)20-15-10-14-7-8-16(15)21-14/h4-6,9,14-16H,3,7-8,10-11H2,1-2H3,(H2,18,19,20). The summed E-state index contributed by atoms with van der Waals surface area (Å²) in [5.41, 5.74) is 2.53. The normalized spacial score (nSPS) is 27.9. The summed E-state index contributed by atoms with van der Waals surface area (Å²) in [6.45, 7) is 5.80. The van der Waals surface area contributed by atoms with Crippen molar-refractivity contribution in [2.45, 2.75) is 57.9 Å². The van der Waals surface area contributed by atoms with Gasteiger partial charge in [-0.05, 0) is 38.7 Å². The van der Waals surface area contributed by atoms with Crippen molar-refractivity contribution in [3.05, 3.63) is 35.4 Å². The Hall–Kier alpha value is -1.55. The second-order valence-electron chi connectivity index (χ2n) is 6.04. The number of aliphatic imine (C=N–C) groups is 1. The van der Waals surface area contributed by atoms with Gasteiger partial charge in [-0.2, -0.15) is 0 Å². The van der Waals surface area contributed by atoms with Gasteiger partial charge < -0.3 is 15.4 Å². The van der Waals surface area contributed by atoms with Crippen LogP contribution in [-0.2, 0) is 11.3 Å². The Bertz CT molecular complexity index is 515. The highest BCUT2D eigenvalue weighted by Crippen LogP contribution is 2.34. The summed E-state index contributed by atoms with van der Waals surface area (Å²) < 4.78 is 5.90. The molecule has 3 unspecified atom stereocenters. The minimum absolute atomic E-state index is 0.373. The highest BCUT2D eigenvalue weighted by Gasteiger charge is 2.41. The van der Waals surface area contributed by atoms with E-state index in [0.717, 1.165) is 18.9 Å². The van der Waals surface area contributed by atoms with Gasteiger partial charge in [-0.25, -0.2) is 4.99 Å². The van der Waals surface area contributed by atoms with E-state index in [9.17, 15) is 0 Å². The summed E-state index contributed by atoms with van der Waals surface area (Å²) in [6.07, 6.45) is 4.35. The monoisotopic (exact) mass is 287 g/mol. The molecule has 3 atom stereocenters. The second-order valence-corrected chi connectivity index (χ2v) is 6.04. The molecule has 4 nitrogen and oxygen atoms in total. The highest BCUT2D eigenvalue weighted by atomic mass is 16.5. The number of ether oxygens (including phenoxy) is 1. The van der Waals surface area contributed by atoms with Gasteiger partial charge >= 0.3 is 0 Å². The highest BCUT2D eigenvalue weighted by molar-refractivity contribution is 5.80. The van der Waals surface area contributed by atoms with Crippen LogP contribution in [-0.4, -0.2) is 30.8 Å². The molecule has 2 aliphatic heterocycles. The van der Waals surface area contributed by atoms with E-state index in [0.29, 0.717) is 24.8 Å². The number of hydrogen-bond donors (Lipinski definition) is 2. The van der Waals surface area contributed by atoms with Gasteiger partial charge in [0.15, 0.2) is 5.96 Å². The number of rotatable bonds is 4. The van der Waals surface area contributed by atoms with E-state index in [1.54, 1.807) is 0 Å². The summed E-state index contributed by atoms with van der Waals surface area (Å²) in [5, 5.41) is 6.88. The first kappa shape index (κ1) is 14.4. The molecule has 4 heteroatoms. The summed E-state index contributed by atoms with van der Waals surface area (Å²) in [4.78, 5) is 4.71. The van der Waals surface area contributed by atoms with E-state index in [1.807, 2.05) is 0 Å². The van der Waals surface area contributed by atoms with Crippen LogP contribution in [0.2, 0.25) is 0 Å². The van der Waals surface area contributed by atoms with Crippen LogP contribution in [0.1, 0.15) is 37.3 Å². The van der Waals surface area contributed by atoms with Crippen molar-refractivity contribution >= 4 is 5.96 Å². The minimum atomic E-state index is 0.373. The molecule has 1 aromatic rings. The van der Waals surface area contributed by atoms with E-state index in [1.165, 1.54) is 24.0 Å². The average molecular weight is 287 g/mol. The van der Waals surface area contributed by atoms with Gasteiger partial charge in [-0.1, -0.05) is 29.8 Å². The zero-order chi connectivity index (χ0) is 14.7. The van der Waals surface area contributed by atoms with E-state index in [4.69, 9.17) is 9.73 Å². The third kappa shape index (κ3) is 3.56. The molecule has 2 N–H and O–H groups in total. The second kappa shape index (κ2) is 6.48. The molecule has 2 heterocycles. The molecule has 21 heavy (non-hydrogen) atoms. The maximum absolute atomic E-state index is 5.90. The summed E-state index contributed by atoms with van der Waals surface area (Å²) in [7, 11) is 0. The van der Waals surface area contributed by atoms with Gasteiger partial charge in [0.05, 0.1) is 24.8 Å². The SMILES string of the molecule is CCNC(=NCc1cccc(C)c1)NC1CC2CCC1O2. The summed E-state index contributed by atoms with van der Waals surface area (Å²) in [6, 6.07) is 8.93. The van der Waals surface area contributed by atoms with Crippen LogP contribution in [0.5, 0.6) is 0 Å². The van der Waals surface area contributed by atoms with E-state index < -0.39 is 0 Å². The quantitative estimate of drug-likeness (QED) is 0.660. The van der Waals surface area contributed by atoms with Crippen LogP contribution in [0, 0.1) is 6.92 Å². The van der Waals surface area contributed by atoms with Crippen LogP contribution in [0.3, 0.4) is 0 Å². The predicted molar refractivity (Wildman–Crippen MR) is 85.4 cm³/mol. The molecule has 114 valence electrons. The van der Waals surface area contributed by atoms with Crippen molar-refractivity contribution in [2.75, 3.05) is 6.54 Å². The van der Waals surface area contributed by atoms with Gasteiger partial charge in [-0.15, -0.1) is 0 Å². The molecule has 0 amide bonds. The Balaban J connectivity index is 1.62. The first-order chi connectivity index (χ1) is 10.2. The Labute approximate surface area is 127 Å². The Morgan fingerprint density at radius 3 is 2.95 bits per heavy atom. The zero-order valence-corrected chi connectivity index (χ0v) is 12.9. The van der Waals surface area contributed by atoms with Gasteiger partial charge in [0.2, 0.25) is 0 Å². The lowest BCUT2D eigenvalue weighted by Crippen LogP contribution is -2.47. The van der Waals surface area contributed by atoms with Gasteiger partial charge in [0.25, 0.3) is 0 Å². The Morgan fingerprint density at radius 1 is 1.38 bits per heavy atom. The van der Waals surface area contributed by atoms with Gasteiger partial charge in [0, 0.05) is 6.54 Å². The third-order valence-electron chi connectivity index (χ3n) is 4.27. The van der Waals surface area contributed by atoms with E-state index in [-0.39, 0.29) is 0 Å². The van der Waals surface area contributed by atoms with Crippen LogP contribution >= 0.6 is 0 Å². The summed E-state index contributed by atoms with van der Waals surface area (Å²) in [5.74, 6) is 0.903. The van der Waals surface area contributed by atoms with Crippen molar-refractivity contribution in [3.63, 3.8) is 0 Å². The fraction of sp³-hybridized carbons (Fsp3) is 0.588. The third-order valence-corrected chi connectivity index (χ3v) is 4.27. The molecule has 0 saturated carbocycles. The zero-order valence-electron chi connectivity index (χ0n) is 12.9. The van der Waals surface area contributed by atoms with Crippen molar-refractivity contribution < 1.29 is 4.74 Å². The van der Waals surface area contributed by atoms with Crippen LogP contribution in [0.4, 0.5) is 0 Å². The van der Waals surface area contributed by atoms with Crippen LogP contribution in [0.15, 0.2) is 29.3 Å². The molecule has 2 bridgehead atoms. The number of fused-ring (bicyclic) bond motifs is 2. The maximum Gasteiger partial charge on any atom is 0.191 e. The molecule has 0 aromatic heterocycles. The lowest BCUT2D eigenvalue weighted by molar-refractivity contribution is 0.0992. The number of nitrogens with one attached hydrogen (secondary N) is 2. The van der Waals surface area contributed by atoms with Crippen molar-refractivity contribution in [1.29, 1.82) is 0 Å². The van der Waals surface area contributed by atoms with E-state index >= 15 is 0 Å². The number of hydrogen-bond acceptors (Lipinski definition) is 2. The van der Waals surface area contributed by atoms with E-state index in [2.05, 4.69) is 48.7 Å². The molecule has 2 aliphatic rings. The first-order valence-electron chi connectivity index (χ1n) is 8.00.